The highest BCUT2D eigenvalue weighted by atomic mass is 32.1. The van der Waals surface area contributed by atoms with Gasteiger partial charge in [-0.15, -0.1) is 11.3 Å². The number of hydrogen-bond donors (Lipinski definition) is 2. The minimum absolute atomic E-state index is 0.0348. The van der Waals surface area contributed by atoms with Crippen molar-refractivity contribution >= 4 is 23.2 Å². The number of thiophene rings is 1. The lowest BCUT2D eigenvalue weighted by atomic mass is 10.1. The van der Waals surface area contributed by atoms with Crippen LogP contribution >= 0.6 is 11.3 Å². The maximum absolute atomic E-state index is 11.5. The molecule has 1 aromatic rings. The third-order valence-electron chi connectivity index (χ3n) is 3.23. The normalized spacial score (nSPS) is 20.8. The van der Waals surface area contributed by atoms with Crippen LogP contribution in [0.15, 0.2) is 6.07 Å². The minimum atomic E-state index is -0.890. The summed E-state index contributed by atoms with van der Waals surface area (Å²) in [6, 6.07) is 1.55. The summed E-state index contributed by atoms with van der Waals surface area (Å²) in [5.74, 6) is -0.855. The molecule has 0 spiro atoms. The van der Waals surface area contributed by atoms with Crippen molar-refractivity contribution in [2.45, 2.75) is 26.4 Å². The number of carbonyl (C=O) groups excluding carboxylic acids is 1. The lowest BCUT2D eigenvalue weighted by Crippen LogP contribution is -2.53. The Labute approximate surface area is 109 Å². The third-order valence-corrected chi connectivity index (χ3v) is 4.31. The van der Waals surface area contributed by atoms with E-state index in [2.05, 4.69) is 10.2 Å². The van der Waals surface area contributed by atoms with Crippen molar-refractivity contribution in [3.63, 3.8) is 0 Å². The Bertz CT molecular complexity index is 484. The number of amides is 1. The average molecular weight is 268 g/mol. The molecule has 2 heterocycles. The molecule has 0 bridgehead atoms. The first-order valence-electron chi connectivity index (χ1n) is 5.83. The van der Waals surface area contributed by atoms with Crippen LogP contribution < -0.4 is 5.32 Å². The molecule has 1 aromatic heterocycles. The van der Waals surface area contributed by atoms with E-state index >= 15 is 0 Å². The van der Waals surface area contributed by atoms with Crippen LogP contribution in [-0.2, 0) is 11.3 Å². The zero-order valence-electron chi connectivity index (χ0n) is 10.4. The van der Waals surface area contributed by atoms with E-state index in [4.69, 9.17) is 5.11 Å². The number of nitrogens with one attached hydrogen (secondary N) is 1. The van der Waals surface area contributed by atoms with Gasteiger partial charge in [0.25, 0.3) is 0 Å². The predicted octanol–water partition coefficient (Wildman–Crippen LogP) is 1.08. The van der Waals surface area contributed by atoms with Gasteiger partial charge >= 0.3 is 5.97 Å². The SMILES string of the molecule is Cc1sc(C(=O)O)cc1CN1CCNC(=O)C1C. The fourth-order valence-electron chi connectivity index (χ4n) is 2.05. The molecule has 0 saturated carbocycles. The first-order chi connectivity index (χ1) is 8.49. The van der Waals surface area contributed by atoms with Gasteiger partial charge in [0.2, 0.25) is 5.91 Å². The topological polar surface area (TPSA) is 69.6 Å². The number of aromatic carboxylic acids is 1. The molecule has 1 saturated heterocycles. The molecule has 1 amide bonds. The molecule has 2 N–H and O–H groups in total. The smallest absolute Gasteiger partial charge is 0.345 e. The van der Waals surface area contributed by atoms with Crippen LogP contribution in [0.3, 0.4) is 0 Å². The summed E-state index contributed by atoms with van der Waals surface area (Å²) in [4.78, 5) is 25.9. The van der Waals surface area contributed by atoms with Crippen LogP contribution in [0.25, 0.3) is 0 Å². The number of carbonyl (C=O) groups is 2. The third kappa shape index (κ3) is 2.54. The van der Waals surface area contributed by atoms with Crippen molar-refractivity contribution < 1.29 is 14.7 Å². The highest BCUT2D eigenvalue weighted by molar-refractivity contribution is 7.14. The summed E-state index contributed by atoms with van der Waals surface area (Å²) >= 11 is 1.29. The fraction of sp³-hybridized carbons (Fsp3) is 0.500. The van der Waals surface area contributed by atoms with Gasteiger partial charge in [-0.05, 0) is 25.5 Å². The van der Waals surface area contributed by atoms with Crippen LogP contribution in [0, 0.1) is 6.92 Å². The molecule has 1 aliphatic heterocycles. The Morgan fingerprint density at radius 1 is 1.67 bits per heavy atom. The van der Waals surface area contributed by atoms with Gasteiger partial charge in [-0.3, -0.25) is 9.69 Å². The number of rotatable bonds is 3. The predicted molar refractivity (Wildman–Crippen MR) is 68.9 cm³/mol. The molecule has 5 nitrogen and oxygen atoms in total. The summed E-state index contributed by atoms with van der Waals surface area (Å²) < 4.78 is 0. The van der Waals surface area contributed by atoms with Crippen LogP contribution in [0.4, 0.5) is 0 Å². The molecule has 1 unspecified atom stereocenters. The van der Waals surface area contributed by atoms with Crippen molar-refractivity contribution in [1.29, 1.82) is 0 Å². The Hall–Kier alpha value is -1.40. The van der Waals surface area contributed by atoms with E-state index in [0.717, 1.165) is 17.0 Å². The number of carboxylic acids is 1. The highest BCUT2D eigenvalue weighted by Gasteiger charge is 2.26. The highest BCUT2D eigenvalue weighted by Crippen LogP contribution is 2.24. The Kier molecular flexibility index (Phi) is 3.68. The zero-order chi connectivity index (χ0) is 13.3. The van der Waals surface area contributed by atoms with E-state index in [1.54, 1.807) is 6.07 Å². The molecule has 18 heavy (non-hydrogen) atoms. The maximum atomic E-state index is 11.5. The fourth-order valence-corrected chi connectivity index (χ4v) is 2.92. The second-order valence-corrected chi connectivity index (χ2v) is 5.69. The van der Waals surface area contributed by atoms with E-state index < -0.39 is 5.97 Å². The van der Waals surface area contributed by atoms with Gasteiger partial charge in [-0.2, -0.15) is 0 Å². The van der Waals surface area contributed by atoms with E-state index in [0.29, 0.717) is 18.0 Å². The number of nitrogens with zero attached hydrogens (tertiary/aromatic N) is 1. The molecule has 0 aliphatic carbocycles. The summed E-state index contributed by atoms with van der Waals surface area (Å²) in [6.45, 7) is 5.86. The van der Waals surface area contributed by atoms with Gasteiger partial charge in [0.1, 0.15) is 4.88 Å². The summed E-state index contributed by atoms with van der Waals surface area (Å²) in [6.07, 6.45) is 0. The first-order valence-corrected chi connectivity index (χ1v) is 6.65. The number of piperazine rings is 1. The lowest BCUT2D eigenvalue weighted by molar-refractivity contribution is -0.128. The molecular formula is C12H16N2O3S. The zero-order valence-corrected chi connectivity index (χ0v) is 11.2. The molecule has 0 aromatic carbocycles. The quantitative estimate of drug-likeness (QED) is 0.860. The Morgan fingerprint density at radius 2 is 2.39 bits per heavy atom. The van der Waals surface area contributed by atoms with Crippen molar-refractivity contribution in [2.75, 3.05) is 13.1 Å². The summed E-state index contributed by atoms with van der Waals surface area (Å²) in [5, 5.41) is 11.8. The standard InChI is InChI=1S/C12H16N2O3S/c1-7-11(15)13-3-4-14(7)6-9-5-10(12(16)17)18-8(9)2/h5,7H,3-4,6H2,1-2H3,(H,13,15)(H,16,17). The van der Waals surface area contributed by atoms with Crippen molar-refractivity contribution in [3.05, 3.63) is 21.4 Å². The van der Waals surface area contributed by atoms with Gasteiger partial charge in [0.15, 0.2) is 0 Å². The van der Waals surface area contributed by atoms with Crippen LogP contribution in [0.5, 0.6) is 0 Å². The van der Waals surface area contributed by atoms with Crippen molar-refractivity contribution in [3.8, 4) is 0 Å². The van der Waals surface area contributed by atoms with Crippen LogP contribution in [0.1, 0.15) is 27.0 Å². The number of carboxylic acid groups (broad SMARTS) is 1. The second kappa shape index (κ2) is 5.07. The molecule has 98 valence electrons. The van der Waals surface area contributed by atoms with Gasteiger partial charge in [-0.1, -0.05) is 0 Å². The Morgan fingerprint density at radius 3 is 3.00 bits per heavy atom. The summed E-state index contributed by atoms with van der Waals surface area (Å²) in [7, 11) is 0. The minimum Gasteiger partial charge on any atom is -0.477 e. The molecule has 2 rings (SSSR count). The second-order valence-electron chi connectivity index (χ2n) is 4.43. The maximum Gasteiger partial charge on any atom is 0.345 e. The molecular weight excluding hydrogens is 252 g/mol. The number of aryl methyl sites for hydroxylation is 1. The van der Waals surface area contributed by atoms with Crippen LogP contribution in [-0.4, -0.2) is 41.0 Å². The molecule has 1 fully saturated rings. The van der Waals surface area contributed by atoms with Crippen molar-refractivity contribution in [2.24, 2.45) is 0 Å². The van der Waals surface area contributed by atoms with E-state index in [9.17, 15) is 9.59 Å². The molecule has 1 aliphatic rings. The van der Waals surface area contributed by atoms with Gasteiger partial charge in [0, 0.05) is 24.5 Å². The lowest BCUT2D eigenvalue weighted by Gasteiger charge is -2.32. The van der Waals surface area contributed by atoms with Crippen LogP contribution in [0.2, 0.25) is 0 Å². The summed E-state index contributed by atoms with van der Waals surface area (Å²) in [5.41, 5.74) is 0.999. The molecule has 0 radical (unpaired) electrons. The van der Waals surface area contributed by atoms with Crippen molar-refractivity contribution in [1.82, 2.24) is 10.2 Å². The van der Waals surface area contributed by atoms with E-state index in [1.807, 2.05) is 13.8 Å². The Balaban J connectivity index is 2.13. The van der Waals surface area contributed by atoms with Gasteiger partial charge in [-0.25, -0.2) is 4.79 Å². The monoisotopic (exact) mass is 268 g/mol. The van der Waals surface area contributed by atoms with E-state index in [1.165, 1.54) is 11.3 Å². The number of hydrogen-bond acceptors (Lipinski definition) is 4. The van der Waals surface area contributed by atoms with Gasteiger partial charge < -0.3 is 10.4 Å². The molecule has 1 atom stereocenters. The largest absolute Gasteiger partial charge is 0.477 e. The van der Waals surface area contributed by atoms with Gasteiger partial charge in [0.05, 0.1) is 6.04 Å². The van der Waals surface area contributed by atoms with E-state index in [-0.39, 0.29) is 11.9 Å². The first kappa shape index (κ1) is 13.0. The average Bonchev–Trinajstić information content (AvgIpc) is 2.67. The molecule has 6 heteroatoms.